The normalized spacial score (nSPS) is 18.4. The molecule has 0 radical (unpaired) electrons. The number of rotatable bonds is 10. The van der Waals surface area contributed by atoms with Crippen LogP contribution in [0.15, 0.2) is 29.2 Å². The van der Waals surface area contributed by atoms with E-state index >= 15 is 0 Å². The molecule has 1 heterocycles. The van der Waals surface area contributed by atoms with Crippen LogP contribution in [0.2, 0.25) is 0 Å². The van der Waals surface area contributed by atoms with Crippen molar-refractivity contribution in [1.29, 1.82) is 0 Å². The molecule has 1 saturated heterocycles. The fourth-order valence-electron chi connectivity index (χ4n) is 2.58. The van der Waals surface area contributed by atoms with Gasteiger partial charge in [0.2, 0.25) is 10.0 Å². The average Bonchev–Trinajstić information content (AvgIpc) is 3.05. The Labute approximate surface area is 139 Å². The zero-order valence-electron chi connectivity index (χ0n) is 13.8. The Morgan fingerprint density at radius 1 is 1.30 bits per heavy atom. The summed E-state index contributed by atoms with van der Waals surface area (Å²) < 4.78 is 37.9. The van der Waals surface area contributed by atoms with E-state index in [4.69, 9.17) is 9.47 Å². The highest BCUT2D eigenvalue weighted by atomic mass is 32.2. The molecule has 0 bridgehead atoms. The summed E-state index contributed by atoms with van der Waals surface area (Å²) in [5.41, 5.74) is 1.16. The van der Waals surface area contributed by atoms with Crippen LogP contribution in [-0.4, -0.2) is 40.9 Å². The van der Waals surface area contributed by atoms with Crippen molar-refractivity contribution in [2.75, 3.05) is 26.4 Å². The van der Waals surface area contributed by atoms with Crippen LogP contribution in [0, 0.1) is 0 Å². The molecule has 1 unspecified atom stereocenters. The second-order valence-electron chi connectivity index (χ2n) is 5.86. The van der Waals surface area contributed by atoms with Crippen molar-refractivity contribution in [3.05, 3.63) is 29.8 Å². The molecule has 23 heavy (non-hydrogen) atoms. The Morgan fingerprint density at radius 2 is 2.09 bits per heavy atom. The van der Waals surface area contributed by atoms with Gasteiger partial charge in [-0.05, 0) is 43.4 Å². The van der Waals surface area contributed by atoms with Crippen molar-refractivity contribution in [2.24, 2.45) is 0 Å². The largest absolute Gasteiger partial charge is 0.379 e. The third-order valence-corrected chi connectivity index (χ3v) is 5.33. The molecule has 1 N–H and O–H groups in total. The molecule has 1 aromatic carbocycles. The van der Waals surface area contributed by atoms with Gasteiger partial charge in [0, 0.05) is 19.8 Å². The molecule has 5 nitrogen and oxygen atoms in total. The Morgan fingerprint density at radius 3 is 2.74 bits per heavy atom. The fraction of sp³-hybridized carbons (Fsp3) is 0.647. The van der Waals surface area contributed by atoms with Crippen LogP contribution in [0.25, 0.3) is 0 Å². The fourth-order valence-corrected chi connectivity index (χ4v) is 3.65. The van der Waals surface area contributed by atoms with E-state index < -0.39 is 10.0 Å². The highest BCUT2D eigenvalue weighted by molar-refractivity contribution is 7.89. The zero-order valence-corrected chi connectivity index (χ0v) is 14.6. The van der Waals surface area contributed by atoms with E-state index in [1.54, 1.807) is 12.1 Å². The molecular weight excluding hydrogens is 314 g/mol. The predicted molar refractivity (Wildman–Crippen MR) is 90.0 cm³/mol. The summed E-state index contributed by atoms with van der Waals surface area (Å²) in [6.45, 7) is 4.45. The molecule has 1 fully saturated rings. The van der Waals surface area contributed by atoms with Crippen molar-refractivity contribution in [3.63, 3.8) is 0 Å². The Hall–Kier alpha value is -0.950. The lowest BCUT2D eigenvalue weighted by Crippen LogP contribution is -2.26. The van der Waals surface area contributed by atoms with Gasteiger partial charge in [0.1, 0.15) is 0 Å². The number of ether oxygens (including phenoxy) is 2. The number of hydrogen-bond acceptors (Lipinski definition) is 4. The van der Waals surface area contributed by atoms with Crippen LogP contribution in [0.1, 0.15) is 38.2 Å². The minimum Gasteiger partial charge on any atom is -0.379 e. The summed E-state index contributed by atoms with van der Waals surface area (Å²) >= 11 is 0. The van der Waals surface area contributed by atoms with Crippen molar-refractivity contribution in [3.8, 4) is 0 Å². The molecule has 6 heteroatoms. The molecule has 0 spiro atoms. The molecule has 2 rings (SSSR count). The molecule has 1 aliphatic heterocycles. The lowest BCUT2D eigenvalue weighted by atomic mass is 10.1. The van der Waals surface area contributed by atoms with Crippen molar-refractivity contribution < 1.29 is 17.9 Å². The van der Waals surface area contributed by atoms with E-state index in [9.17, 15) is 8.42 Å². The molecular formula is C17H27NO4S. The van der Waals surface area contributed by atoms with Crippen LogP contribution in [0.3, 0.4) is 0 Å². The third kappa shape index (κ3) is 6.22. The predicted octanol–water partition coefficient (Wildman–Crippen LogP) is 2.50. The van der Waals surface area contributed by atoms with Gasteiger partial charge in [-0.2, -0.15) is 0 Å². The summed E-state index contributed by atoms with van der Waals surface area (Å²) in [5, 5.41) is 0. The topological polar surface area (TPSA) is 64.6 Å². The molecule has 0 aromatic heterocycles. The van der Waals surface area contributed by atoms with Crippen LogP contribution in [0.5, 0.6) is 0 Å². The second-order valence-corrected chi connectivity index (χ2v) is 7.62. The first kappa shape index (κ1) is 18.4. The number of sulfonamides is 1. The van der Waals surface area contributed by atoms with E-state index in [2.05, 4.69) is 11.6 Å². The van der Waals surface area contributed by atoms with Gasteiger partial charge in [-0.25, -0.2) is 13.1 Å². The lowest BCUT2D eigenvalue weighted by Gasteiger charge is -2.10. The van der Waals surface area contributed by atoms with Crippen molar-refractivity contribution >= 4 is 10.0 Å². The van der Waals surface area contributed by atoms with Crippen LogP contribution in [0.4, 0.5) is 0 Å². The summed E-state index contributed by atoms with van der Waals surface area (Å²) in [4.78, 5) is 0.317. The number of benzene rings is 1. The summed E-state index contributed by atoms with van der Waals surface area (Å²) in [7, 11) is -3.43. The minimum absolute atomic E-state index is 0.216. The van der Waals surface area contributed by atoms with Gasteiger partial charge in [0.15, 0.2) is 0 Å². The summed E-state index contributed by atoms with van der Waals surface area (Å²) in [6, 6.07) is 7.09. The minimum atomic E-state index is -3.43. The maximum Gasteiger partial charge on any atom is 0.240 e. The van der Waals surface area contributed by atoms with Gasteiger partial charge in [-0.15, -0.1) is 0 Å². The monoisotopic (exact) mass is 341 g/mol. The Kier molecular flexibility index (Phi) is 7.49. The maximum atomic E-state index is 12.2. The molecule has 0 amide bonds. The summed E-state index contributed by atoms with van der Waals surface area (Å²) in [5.74, 6) is 0. The van der Waals surface area contributed by atoms with Gasteiger partial charge in [-0.1, -0.05) is 25.5 Å². The molecule has 1 aromatic rings. The molecule has 0 saturated carbocycles. The standard InChI is InChI=1S/C17H27NO4S/c1-2-5-15-7-9-17(10-8-15)23(19,20)18-11-4-12-21-14-16-6-3-13-22-16/h7-10,16,18H,2-6,11-14H2,1H3. The van der Waals surface area contributed by atoms with Gasteiger partial charge in [0.05, 0.1) is 17.6 Å². The molecule has 130 valence electrons. The van der Waals surface area contributed by atoms with E-state index in [0.29, 0.717) is 31.1 Å². The maximum absolute atomic E-state index is 12.2. The quantitative estimate of drug-likeness (QED) is 0.664. The van der Waals surface area contributed by atoms with E-state index in [1.165, 1.54) is 0 Å². The van der Waals surface area contributed by atoms with Crippen molar-refractivity contribution in [2.45, 2.75) is 50.0 Å². The first-order chi connectivity index (χ1) is 11.1. The molecule has 0 aliphatic carbocycles. The van der Waals surface area contributed by atoms with Crippen molar-refractivity contribution in [1.82, 2.24) is 4.72 Å². The van der Waals surface area contributed by atoms with E-state index in [0.717, 1.165) is 37.9 Å². The first-order valence-corrected chi connectivity index (χ1v) is 9.88. The van der Waals surface area contributed by atoms with Gasteiger partial charge in [-0.3, -0.25) is 0 Å². The average molecular weight is 341 g/mol. The highest BCUT2D eigenvalue weighted by Gasteiger charge is 2.15. The Balaban J connectivity index is 1.66. The lowest BCUT2D eigenvalue weighted by molar-refractivity contribution is 0.0169. The van der Waals surface area contributed by atoms with Gasteiger partial charge >= 0.3 is 0 Å². The second kappa shape index (κ2) is 9.37. The number of aryl methyl sites for hydroxylation is 1. The van der Waals surface area contributed by atoms with Gasteiger partial charge in [0.25, 0.3) is 0 Å². The van der Waals surface area contributed by atoms with Crippen LogP contribution in [-0.2, 0) is 25.9 Å². The highest BCUT2D eigenvalue weighted by Crippen LogP contribution is 2.13. The van der Waals surface area contributed by atoms with Crippen LogP contribution >= 0.6 is 0 Å². The van der Waals surface area contributed by atoms with E-state index in [1.807, 2.05) is 12.1 Å². The number of hydrogen-bond donors (Lipinski definition) is 1. The first-order valence-electron chi connectivity index (χ1n) is 8.40. The van der Waals surface area contributed by atoms with Gasteiger partial charge < -0.3 is 9.47 Å². The van der Waals surface area contributed by atoms with E-state index in [-0.39, 0.29) is 6.10 Å². The Bertz CT molecular complexity index is 550. The van der Waals surface area contributed by atoms with Crippen LogP contribution < -0.4 is 4.72 Å². The SMILES string of the molecule is CCCc1ccc(S(=O)(=O)NCCCOCC2CCCO2)cc1. The number of nitrogens with one attached hydrogen (secondary N) is 1. The molecule has 1 atom stereocenters. The zero-order chi connectivity index (χ0) is 16.5. The summed E-state index contributed by atoms with van der Waals surface area (Å²) in [6.07, 6.45) is 5.05. The smallest absolute Gasteiger partial charge is 0.240 e. The molecule has 1 aliphatic rings. The third-order valence-electron chi connectivity index (χ3n) is 3.86.